The van der Waals surface area contributed by atoms with Gasteiger partial charge in [0, 0.05) is 26.1 Å². The van der Waals surface area contributed by atoms with E-state index in [4.69, 9.17) is 0 Å². The second-order valence-electron chi connectivity index (χ2n) is 5.26. The van der Waals surface area contributed by atoms with Crippen molar-refractivity contribution in [1.82, 2.24) is 10.6 Å². The normalized spacial score (nSPS) is 11.0. The van der Waals surface area contributed by atoms with E-state index in [2.05, 4.69) is 10.6 Å². The SMILES string of the molecule is CNC(=O)CCCCCCNC(=O)/C=C/C=C/c1ccccc1. The molecule has 0 spiro atoms. The fraction of sp³-hybridized carbons (Fsp3) is 0.368. The molecule has 0 radical (unpaired) electrons. The molecule has 1 aromatic carbocycles. The Hall–Kier alpha value is -2.36. The Morgan fingerprint density at radius 2 is 1.74 bits per heavy atom. The van der Waals surface area contributed by atoms with Crippen LogP contribution in [0.25, 0.3) is 6.08 Å². The summed E-state index contributed by atoms with van der Waals surface area (Å²) in [5.74, 6) is 0.0140. The fourth-order valence-corrected chi connectivity index (χ4v) is 2.03. The van der Waals surface area contributed by atoms with Crippen molar-refractivity contribution in [3.05, 3.63) is 54.1 Å². The van der Waals surface area contributed by atoms with Gasteiger partial charge in [-0.2, -0.15) is 0 Å². The van der Waals surface area contributed by atoms with Gasteiger partial charge in [-0.15, -0.1) is 0 Å². The maximum atomic E-state index is 11.6. The Balaban J connectivity index is 2.05. The molecule has 124 valence electrons. The highest BCUT2D eigenvalue weighted by atomic mass is 16.2. The van der Waals surface area contributed by atoms with Crippen molar-refractivity contribution in [3.63, 3.8) is 0 Å². The molecule has 4 nitrogen and oxygen atoms in total. The average molecular weight is 314 g/mol. The molecule has 0 bridgehead atoms. The van der Waals surface area contributed by atoms with Crippen LogP contribution in [0.1, 0.15) is 37.7 Å². The smallest absolute Gasteiger partial charge is 0.243 e. The number of unbranched alkanes of at least 4 members (excludes halogenated alkanes) is 3. The topological polar surface area (TPSA) is 58.2 Å². The first-order valence-electron chi connectivity index (χ1n) is 8.10. The number of benzene rings is 1. The number of hydrogen-bond acceptors (Lipinski definition) is 2. The number of amides is 2. The molecular formula is C19H26N2O2. The van der Waals surface area contributed by atoms with Gasteiger partial charge in [-0.05, 0) is 18.4 Å². The lowest BCUT2D eigenvalue weighted by Gasteiger charge is -2.02. The summed E-state index contributed by atoms with van der Waals surface area (Å²) < 4.78 is 0. The van der Waals surface area contributed by atoms with E-state index >= 15 is 0 Å². The summed E-state index contributed by atoms with van der Waals surface area (Å²) in [6.07, 6.45) is 11.5. The molecule has 0 aliphatic carbocycles. The minimum atomic E-state index is -0.0759. The minimum Gasteiger partial charge on any atom is -0.359 e. The van der Waals surface area contributed by atoms with Gasteiger partial charge in [0.25, 0.3) is 0 Å². The number of carbonyl (C=O) groups excluding carboxylic acids is 2. The zero-order valence-corrected chi connectivity index (χ0v) is 13.8. The monoisotopic (exact) mass is 314 g/mol. The lowest BCUT2D eigenvalue weighted by Crippen LogP contribution is -2.22. The van der Waals surface area contributed by atoms with Crippen LogP contribution < -0.4 is 10.6 Å². The highest BCUT2D eigenvalue weighted by Gasteiger charge is 1.98. The van der Waals surface area contributed by atoms with Crippen molar-refractivity contribution in [3.8, 4) is 0 Å². The number of allylic oxidation sites excluding steroid dienone is 2. The Morgan fingerprint density at radius 1 is 1.00 bits per heavy atom. The van der Waals surface area contributed by atoms with Gasteiger partial charge in [0.2, 0.25) is 11.8 Å². The summed E-state index contributed by atoms with van der Waals surface area (Å²) in [4.78, 5) is 22.6. The van der Waals surface area contributed by atoms with Gasteiger partial charge < -0.3 is 10.6 Å². The lowest BCUT2D eigenvalue weighted by molar-refractivity contribution is -0.120. The third-order valence-electron chi connectivity index (χ3n) is 3.36. The van der Waals surface area contributed by atoms with Crippen LogP contribution in [0, 0.1) is 0 Å². The van der Waals surface area contributed by atoms with Gasteiger partial charge in [0.05, 0.1) is 0 Å². The van der Waals surface area contributed by atoms with Gasteiger partial charge in [-0.1, -0.05) is 61.4 Å². The maximum Gasteiger partial charge on any atom is 0.243 e. The molecule has 0 aromatic heterocycles. The summed E-state index contributed by atoms with van der Waals surface area (Å²) in [6.45, 7) is 0.672. The highest BCUT2D eigenvalue weighted by Crippen LogP contribution is 2.02. The van der Waals surface area contributed by atoms with E-state index in [1.807, 2.05) is 42.5 Å². The summed E-state index contributed by atoms with van der Waals surface area (Å²) in [5.41, 5.74) is 1.11. The second kappa shape index (κ2) is 12.2. The van der Waals surface area contributed by atoms with Crippen LogP contribution in [0.2, 0.25) is 0 Å². The van der Waals surface area contributed by atoms with Crippen molar-refractivity contribution in [2.45, 2.75) is 32.1 Å². The number of rotatable bonds is 10. The van der Waals surface area contributed by atoms with Gasteiger partial charge in [-0.25, -0.2) is 0 Å². The third kappa shape index (κ3) is 10.1. The third-order valence-corrected chi connectivity index (χ3v) is 3.36. The summed E-state index contributed by atoms with van der Waals surface area (Å²) in [6, 6.07) is 9.94. The largest absolute Gasteiger partial charge is 0.359 e. The van der Waals surface area contributed by atoms with Crippen LogP contribution in [0.4, 0.5) is 0 Å². The first kappa shape index (κ1) is 18.7. The van der Waals surface area contributed by atoms with E-state index in [0.29, 0.717) is 13.0 Å². The van der Waals surface area contributed by atoms with Gasteiger partial charge in [-0.3, -0.25) is 9.59 Å². The number of nitrogens with one attached hydrogen (secondary N) is 2. The quantitative estimate of drug-likeness (QED) is 0.396. The first-order chi connectivity index (χ1) is 11.2. The molecule has 0 aliphatic rings. The van der Waals surface area contributed by atoms with Crippen LogP contribution >= 0.6 is 0 Å². The van der Waals surface area contributed by atoms with E-state index < -0.39 is 0 Å². The molecule has 0 unspecified atom stereocenters. The number of carbonyl (C=O) groups is 2. The second-order valence-corrected chi connectivity index (χ2v) is 5.26. The van der Waals surface area contributed by atoms with Crippen molar-refractivity contribution in [1.29, 1.82) is 0 Å². The predicted molar refractivity (Wildman–Crippen MR) is 94.8 cm³/mol. The standard InChI is InChI=1S/C19H26N2O2/c1-20-18(22)14-7-2-3-10-16-21-19(23)15-9-8-13-17-11-5-4-6-12-17/h4-6,8-9,11-13,15H,2-3,7,10,14,16H2,1H3,(H,20,22)(H,21,23)/b13-8+,15-9+. The van der Waals surface area contributed by atoms with Gasteiger partial charge in [0.15, 0.2) is 0 Å². The molecule has 2 amide bonds. The van der Waals surface area contributed by atoms with Crippen molar-refractivity contribution < 1.29 is 9.59 Å². The van der Waals surface area contributed by atoms with Crippen molar-refractivity contribution >= 4 is 17.9 Å². The zero-order valence-electron chi connectivity index (χ0n) is 13.8. The first-order valence-corrected chi connectivity index (χ1v) is 8.10. The summed E-state index contributed by atoms with van der Waals surface area (Å²) in [7, 11) is 1.65. The van der Waals surface area contributed by atoms with E-state index in [0.717, 1.165) is 31.2 Å². The molecule has 0 aliphatic heterocycles. The van der Waals surface area contributed by atoms with E-state index in [9.17, 15) is 9.59 Å². The molecule has 1 rings (SSSR count). The van der Waals surface area contributed by atoms with Crippen molar-refractivity contribution in [2.75, 3.05) is 13.6 Å². The molecule has 0 fully saturated rings. The molecule has 23 heavy (non-hydrogen) atoms. The zero-order chi connectivity index (χ0) is 16.8. The molecule has 4 heteroatoms. The van der Waals surface area contributed by atoms with Crippen LogP contribution in [-0.4, -0.2) is 25.4 Å². The Labute approximate surface area is 138 Å². The molecule has 0 saturated carbocycles. The van der Waals surface area contributed by atoms with Crippen LogP contribution in [-0.2, 0) is 9.59 Å². The van der Waals surface area contributed by atoms with Gasteiger partial charge in [0.1, 0.15) is 0 Å². The molecule has 0 atom stereocenters. The average Bonchev–Trinajstić information content (AvgIpc) is 2.58. The Kier molecular flexibility index (Phi) is 9.92. The molecule has 2 N–H and O–H groups in total. The fourth-order valence-electron chi connectivity index (χ4n) is 2.03. The van der Waals surface area contributed by atoms with E-state index in [1.165, 1.54) is 6.08 Å². The van der Waals surface area contributed by atoms with E-state index in [-0.39, 0.29) is 11.8 Å². The summed E-state index contributed by atoms with van der Waals surface area (Å²) >= 11 is 0. The van der Waals surface area contributed by atoms with E-state index in [1.54, 1.807) is 13.1 Å². The van der Waals surface area contributed by atoms with Crippen LogP contribution in [0.3, 0.4) is 0 Å². The lowest BCUT2D eigenvalue weighted by atomic mass is 10.1. The highest BCUT2D eigenvalue weighted by molar-refractivity contribution is 5.87. The minimum absolute atomic E-state index is 0.0759. The Morgan fingerprint density at radius 3 is 2.48 bits per heavy atom. The molecule has 1 aromatic rings. The Bertz CT molecular complexity index is 521. The van der Waals surface area contributed by atoms with Crippen LogP contribution in [0.15, 0.2) is 48.6 Å². The molecular weight excluding hydrogens is 288 g/mol. The van der Waals surface area contributed by atoms with Gasteiger partial charge >= 0.3 is 0 Å². The summed E-state index contributed by atoms with van der Waals surface area (Å²) in [5, 5.41) is 5.46. The maximum absolute atomic E-state index is 11.6. The molecule has 0 saturated heterocycles. The number of hydrogen-bond donors (Lipinski definition) is 2. The molecule has 0 heterocycles. The van der Waals surface area contributed by atoms with Crippen LogP contribution in [0.5, 0.6) is 0 Å². The predicted octanol–water partition coefficient (Wildman–Crippen LogP) is 3.07. The van der Waals surface area contributed by atoms with Crippen molar-refractivity contribution in [2.24, 2.45) is 0 Å².